The molecule has 0 bridgehead atoms. The maximum atomic E-state index is 13.2. The Kier molecular flexibility index (Phi) is 20.8. The summed E-state index contributed by atoms with van der Waals surface area (Å²) in [4.78, 5) is 34.7. The number of rotatable bonds is 30. The Morgan fingerprint density at radius 3 is 1.58 bits per heavy atom. The Morgan fingerprint density at radius 1 is 0.577 bits per heavy atom. The largest absolute Gasteiger partial charge is 0.481 e. The zero-order valence-corrected chi connectivity index (χ0v) is 46.2. The van der Waals surface area contributed by atoms with E-state index >= 15 is 0 Å². The van der Waals surface area contributed by atoms with Crippen molar-refractivity contribution in [1.82, 2.24) is 9.88 Å². The van der Waals surface area contributed by atoms with Crippen molar-refractivity contribution in [3.8, 4) is 45.8 Å². The first-order chi connectivity index (χ1) is 34.7. The Bertz CT molecular complexity index is 2930. The molecule has 71 heavy (non-hydrogen) atoms. The number of nitrogens with zero attached hydrogens (tertiary/aromatic N) is 2. The van der Waals surface area contributed by atoms with E-state index in [9.17, 15) is 14.9 Å². The Morgan fingerprint density at radius 2 is 1.06 bits per heavy atom. The van der Waals surface area contributed by atoms with Crippen LogP contribution in [0.15, 0.2) is 72.3 Å². The summed E-state index contributed by atoms with van der Waals surface area (Å²) in [7, 11) is 0. The van der Waals surface area contributed by atoms with Gasteiger partial charge in [0, 0.05) is 73.9 Å². The number of para-hydroxylation sites is 1. The van der Waals surface area contributed by atoms with Crippen molar-refractivity contribution in [2.24, 2.45) is 0 Å². The van der Waals surface area contributed by atoms with Gasteiger partial charge < -0.3 is 15.0 Å². The third-order valence-electron chi connectivity index (χ3n) is 13.8. The van der Waals surface area contributed by atoms with Gasteiger partial charge in [-0.05, 0) is 135 Å². The van der Waals surface area contributed by atoms with Crippen molar-refractivity contribution >= 4 is 85.1 Å². The number of benzene rings is 2. The molecular formula is C61H75N3O3S4. The number of nitrogens with one attached hydrogen (secondary N) is 1. The molecule has 376 valence electrons. The monoisotopic (exact) mass is 1030 g/mol. The van der Waals surface area contributed by atoms with Crippen molar-refractivity contribution in [3.05, 3.63) is 99.4 Å². The SMILES string of the molecule is CCCCCCc1cc(-c2sc(-c3sc(-c4sc(-c5ccc6c(c5)c5ccccc5n6CC)cc4CCCCCC)cc3CCCCCC)cc2CCCCCC)sc1/C=C(\C#N)C(=O)NCCC(=O)O. The smallest absolute Gasteiger partial charge is 0.305 e. The highest BCUT2D eigenvalue weighted by molar-refractivity contribution is 7.29. The molecule has 0 unspecified atom stereocenters. The first-order valence-electron chi connectivity index (χ1n) is 26.9. The molecule has 0 radical (unpaired) electrons. The zero-order valence-electron chi connectivity index (χ0n) is 43.0. The second-order valence-electron chi connectivity index (χ2n) is 19.2. The summed E-state index contributed by atoms with van der Waals surface area (Å²) in [5.41, 5.74) is 9.41. The van der Waals surface area contributed by atoms with Gasteiger partial charge in [0.15, 0.2) is 0 Å². The normalized spacial score (nSPS) is 11.9. The fraction of sp³-hybridized carbons (Fsp3) is 0.459. The van der Waals surface area contributed by atoms with Gasteiger partial charge in [-0.1, -0.05) is 129 Å². The number of amides is 1. The number of aryl methyl sites for hydroxylation is 5. The number of thiophene rings is 4. The highest BCUT2D eigenvalue weighted by Gasteiger charge is 2.23. The molecule has 0 spiro atoms. The molecule has 6 nitrogen and oxygen atoms in total. The van der Waals surface area contributed by atoms with Crippen molar-refractivity contribution < 1.29 is 14.7 Å². The van der Waals surface area contributed by atoms with Gasteiger partial charge in [0.25, 0.3) is 5.91 Å². The fourth-order valence-electron chi connectivity index (χ4n) is 9.88. The van der Waals surface area contributed by atoms with E-state index in [-0.39, 0.29) is 18.5 Å². The molecule has 1 amide bonds. The molecule has 5 heterocycles. The first-order valence-corrected chi connectivity index (χ1v) is 30.1. The minimum absolute atomic E-state index is 0.00944. The highest BCUT2D eigenvalue weighted by atomic mass is 32.1. The van der Waals surface area contributed by atoms with Crippen LogP contribution < -0.4 is 5.32 Å². The van der Waals surface area contributed by atoms with E-state index in [1.54, 1.807) is 17.4 Å². The van der Waals surface area contributed by atoms with Crippen LogP contribution in [0.1, 0.15) is 171 Å². The van der Waals surface area contributed by atoms with Crippen LogP contribution >= 0.6 is 45.3 Å². The van der Waals surface area contributed by atoms with Gasteiger partial charge in [0.1, 0.15) is 11.6 Å². The predicted octanol–water partition coefficient (Wildman–Crippen LogP) is 18.7. The van der Waals surface area contributed by atoms with E-state index in [1.807, 2.05) is 34.0 Å². The van der Waals surface area contributed by atoms with E-state index in [1.165, 1.54) is 161 Å². The Labute approximate surface area is 439 Å². The molecule has 2 aromatic carbocycles. The fourth-order valence-corrected chi connectivity index (χ4v) is 15.1. The third kappa shape index (κ3) is 13.8. The van der Waals surface area contributed by atoms with Gasteiger partial charge in [-0.25, -0.2) is 0 Å². The van der Waals surface area contributed by atoms with Crippen LogP contribution in [0.2, 0.25) is 0 Å². The Hall–Kier alpha value is -4.79. The molecule has 10 heteroatoms. The Balaban J connectivity index is 1.32. The lowest BCUT2D eigenvalue weighted by atomic mass is 10.0. The number of carboxylic acids is 1. The van der Waals surface area contributed by atoms with Gasteiger partial charge in [-0.3, -0.25) is 9.59 Å². The molecule has 0 fully saturated rings. The number of aliphatic carboxylic acids is 1. The van der Waals surface area contributed by atoms with Gasteiger partial charge >= 0.3 is 5.97 Å². The molecule has 2 N–H and O–H groups in total. The molecule has 5 aromatic heterocycles. The van der Waals surface area contributed by atoms with Crippen LogP contribution in [0.5, 0.6) is 0 Å². The molecule has 7 rings (SSSR count). The van der Waals surface area contributed by atoms with E-state index in [0.717, 1.165) is 62.8 Å². The van der Waals surface area contributed by atoms with Crippen LogP contribution in [0.3, 0.4) is 0 Å². The van der Waals surface area contributed by atoms with E-state index < -0.39 is 11.9 Å². The molecular weight excluding hydrogens is 951 g/mol. The number of carbonyl (C=O) groups excluding carboxylic acids is 1. The summed E-state index contributed by atoms with van der Waals surface area (Å²) < 4.78 is 2.44. The molecule has 0 aliphatic carbocycles. The molecule has 0 atom stereocenters. The first kappa shape index (κ1) is 54.0. The van der Waals surface area contributed by atoms with Crippen LogP contribution in [-0.4, -0.2) is 28.1 Å². The summed E-state index contributed by atoms with van der Waals surface area (Å²) in [6.07, 6.45) is 24.6. The quantitative estimate of drug-likeness (QED) is 0.0266. The molecule has 0 saturated heterocycles. The average Bonchev–Trinajstić information content (AvgIpc) is 4.22. The van der Waals surface area contributed by atoms with Gasteiger partial charge in [-0.15, -0.1) is 45.3 Å². The lowest BCUT2D eigenvalue weighted by molar-refractivity contribution is -0.136. The van der Waals surface area contributed by atoms with Crippen molar-refractivity contribution in [2.75, 3.05) is 6.54 Å². The minimum Gasteiger partial charge on any atom is -0.481 e. The summed E-state index contributed by atoms with van der Waals surface area (Å²) in [5.74, 6) is -1.52. The molecule has 0 saturated carbocycles. The van der Waals surface area contributed by atoms with E-state index in [2.05, 4.69) is 117 Å². The van der Waals surface area contributed by atoms with Gasteiger partial charge in [0.05, 0.1) is 6.42 Å². The van der Waals surface area contributed by atoms with Crippen molar-refractivity contribution in [3.63, 3.8) is 0 Å². The lowest BCUT2D eigenvalue weighted by Gasteiger charge is -2.03. The summed E-state index contributed by atoms with van der Waals surface area (Å²) in [6, 6.07) is 28.0. The molecule has 0 aliphatic heterocycles. The second-order valence-corrected chi connectivity index (χ2v) is 23.4. The second kappa shape index (κ2) is 27.3. The number of nitriles is 1. The van der Waals surface area contributed by atoms with E-state index in [0.29, 0.717) is 0 Å². The van der Waals surface area contributed by atoms with E-state index in [4.69, 9.17) is 5.11 Å². The lowest BCUT2D eigenvalue weighted by Crippen LogP contribution is -2.26. The van der Waals surface area contributed by atoms with Gasteiger partial charge in [-0.2, -0.15) is 5.26 Å². The number of carbonyl (C=O) groups is 2. The van der Waals surface area contributed by atoms with Crippen LogP contribution in [0.25, 0.3) is 67.6 Å². The van der Waals surface area contributed by atoms with Crippen molar-refractivity contribution in [1.29, 1.82) is 5.26 Å². The number of hydrogen-bond donors (Lipinski definition) is 2. The average molecular weight is 1030 g/mol. The number of hydrogen-bond acceptors (Lipinski definition) is 7. The van der Waals surface area contributed by atoms with Crippen LogP contribution in [0, 0.1) is 11.3 Å². The zero-order chi connectivity index (χ0) is 50.1. The predicted molar refractivity (Wildman–Crippen MR) is 309 cm³/mol. The summed E-state index contributed by atoms with van der Waals surface area (Å²) in [5, 5.41) is 24.6. The van der Waals surface area contributed by atoms with Crippen molar-refractivity contribution in [2.45, 2.75) is 176 Å². The summed E-state index contributed by atoms with van der Waals surface area (Å²) in [6.45, 7) is 12.2. The van der Waals surface area contributed by atoms with Crippen LogP contribution in [-0.2, 0) is 41.8 Å². The topological polar surface area (TPSA) is 95.1 Å². The number of unbranched alkanes of at least 4 members (excludes halogenated alkanes) is 12. The number of fused-ring (bicyclic) bond motifs is 3. The third-order valence-corrected chi connectivity index (χ3v) is 19.0. The number of carboxylic acid groups (broad SMARTS) is 1. The number of aromatic nitrogens is 1. The van der Waals surface area contributed by atoms with Gasteiger partial charge in [0.2, 0.25) is 0 Å². The maximum Gasteiger partial charge on any atom is 0.305 e. The maximum absolute atomic E-state index is 13.2. The molecule has 7 aromatic rings. The summed E-state index contributed by atoms with van der Waals surface area (Å²) >= 11 is 7.59. The molecule has 0 aliphatic rings. The standard InChI is InChI=1S/C61H75N3O3S4/c1-6-11-15-19-25-42-36-54(68-52(42)40-47(41-62)61(67)63-34-33-57(65)66)58-45(27-21-17-13-8-3)38-56(70-58)60-46(28-22-18-14-9-4)39-55(71-60)59-44(26-20-16-12-7-2)37-53(69-59)43-31-32-51-49(35-43)48-29-23-24-30-50(48)64(51)10-5/h23-24,29-32,35-40H,6-22,25-28,33-34H2,1-5H3,(H,63,67)(H,65,66)/b47-40+. The highest BCUT2D eigenvalue weighted by Crippen LogP contribution is 2.50. The minimum atomic E-state index is -0.988. The van der Waals surface area contributed by atoms with Crippen LogP contribution in [0.4, 0.5) is 0 Å².